The smallest absolute Gasteiger partial charge is 0.203 e. The van der Waals surface area contributed by atoms with Gasteiger partial charge in [-0.1, -0.05) is 13.3 Å². The normalized spacial score (nSPS) is 20.1. The molecule has 1 aromatic heterocycles. The summed E-state index contributed by atoms with van der Waals surface area (Å²) in [5.74, 6) is 0.677. The van der Waals surface area contributed by atoms with Gasteiger partial charge in [0.05, 0.1) is 0 Å². The summed E-state index contributed by atoms with van der Waals surface area (Å²) in [7, 11) is 0. The third-order valence-electron chi connectivity index (χ3n) is 2.72. The van der Waals surface area contributed by atoms with E-state index in [9.17, 15) is 4.79 Å². The predicted octanol–water partition coefficient (Wildman–Crippen LogP) is 1.78. The van der Waals surface area contributed by atoms with Crippen LogP contribution in [-0.4, -0.2) is 15.8 Å². The van der Waals surface area contributed by atoms with E-state index in [1.165, 1.54) is 6.42 Å². The van der Waals surface area contributed by atoms with Gasteiger partial charge >= 0.3 is 0 Å². The van der Waals surface area contributed by atoms with E-state index in [1.807, 2.05) is 6.92 Å². The second-order valence-electron chi connectivity index (χ2n) is 3.68. The van der Waals surface area contributed by atoms with Crippen LogP contribution in [0, 0.1) is 5.41 Å². The molecule has 2 rings (SSSR count). The molecule has 0 amide bonds. The number of carbonyl (C=O) groups excluding carboxylic acids is 1. The number of aromatic amines is 1. The minimum Gasteiger partial charge on any atom is -0.342 e. The number of imidazole rings is 1. The van der Waals surface area contributed by atoms with Gasteiger partial charge in [0.1, 0.15) is 0 Å². The fourth-order valence-corrected chi connectivity index (χ4v) is 1.61. The SMILES string of the molecule is CC1(C(=O)c2ncc[nH]2)CCC1. The van der Waals surface area contributed by atoms with Crippen LogP contribution < -0.4 is 0 Å². The van der Waals surface area contributed by atoms with Gasteiger partial charge in [0, 0.05) is 17.8 Å². The number of H-pyrrole nitrogens is 1. The lowest BCUT2D eigenvalue weighted by molar-refractivity contribution is 0.0653. The van der Waals surface area contributed by atoms with Crippen molar-refractivity contribution in [1.29, 1.82) is 0 Å². The molecule has 1 aliphatic carbocycles. The van der Waals surface area contributed by atoms with Crippen LogP contribution in [0.25, 0.3) is 0 Å². The van der Waals surface area contributed by atoms with Crippen LogP contribution in [0.15, 0.2) is 12.4 Å². The van der Waals surface area contributed by atoms with Crippen molar-refractivity contribution in [3.63, 3.8) is 0 Å². The molecule has 1 saturated carbocycles. The molecule has 0 spiro atoms. The lowest BCUT2D eigenvalue weighted by Crippen LogP contribution is -2.35. The molecule has 1 aromatic rings. The first kappa shape index (κ1) is 7.53. The molecule has 0 aliphatic heterocycles. The van der Waals surface area contributed by atoms with Crippen LogP contribution in [0.4, 0.5) is 0 Å². The Morgan fingerprint density at radius 2 is 2.42 bits per heavy atom. The lowest BCUT2D eigenvalue weighted by atomic mass is 9.67. The average Bonchev–Trinajstić information content (AvgIpc) is 2.50. The average molecular weight is 164 g/mol. The van der Waals surface area contributed by atoms with Crippen molar-refractivity contribution in [2.75, 3.05) is 0 Å². The first-order valence-corrected chi connectivity index (χ1v) is 4.27. The maximum absolute atomic E-state index is 11.7. The molecular weight excluding hydrogens is 152 g/mol. The van der Waals surface area contributed by atoms with Crippen LogP contribution >= 0.6 is 0 Å². The van der Waals surface area contributed by atoms with Crippen molar-refractivity contribution in [1.82, 2.24) is 9.97 Å². The summed E-state index contributed by atoms with van der Waals surface area (Å²) in [6.07, 6.45) is 6.49. The first-order valence-electron chi connectivity index (χ1n) is 4.27. The highest BCUT2D eigenvalue weighted by Gasteiger charge is 2.40. The molecule has 0 atom stereocenters. The summed E-state index contributed by atoms with van der Waals surface area (Å²) in [5.41, 5.74) is -0.127. The largest absolute Gasteiger partial charge is 0.342 e. The Balaban J connectivity index is 2.20. The maximum Gasteiger partial charge on any atom is 0.203 e. The molecule has 0 bridgehead atoms. The van der Waals surface area contributed by atoms with Gasteiger partial charge in [-0.3, -0.25) is 4.79 Å². The Kier molecular flexibility index (Phi) is 1.53. The Labute approximate surface area is 71.2 Å². The van der Waals surface area contributed by atoms with E-state index in [4.69, 9.17) is 0 Å². The summed E-state index contributed by atoms with van der Waals surface area (Å²) in [6, 6.07) is 0. The van der Waals surface area contributed by atoms with Crippen molar-refractivity contribution >= 4 is 5.78 Å². The van der Waals surface area contributed by atoms with Crippen LogP contribution in [0.2, 0.25) is 0 Å². The fourth-order valence-electron chi connectivity index (χ4n) is 1.61. The highest BCUT2D eigenvalue weighted by molar-refractivity contribution is 5.97. The van der Waals surface area contributed by atoms with E-state index in [0.717, 1.165) is 12.8 Å². The Bertz CT molecular complexity index is 285. The second kappa shape index (κ2) is 2.44. The summed E-state index contributed by atoms with van der Waals surface area (Å²) < 4.78 is 0. The van der Waals surface area contributed by atoms with E-state index in [0.29, 0.717) is 5.82 Å². The number of nitrogens with one attached hydrogen (secondary N) is 1. The van der Waals surface area contributed by atoms with Crippen molar-refractivity contribution in [2.45, 2.75) is 26.2 Å². The van der Waals surface area contributed by atoms with Crippen molar-refractivity contribution in [2.24, 2.45) is 5.41 Å². The molecule has 1 heterocycles. The second-order valence-corrected chi connectivity index (χ2v) is 3.68. The molecule has 1 fully saturated rings. The molecule has 12 heavy (non-hydrogen) atoms. The molecular formula is C9H12N2O. The molecule has 1 N–H and O–H groups in total. The van der Waals surface area contributed by atoms with Gasteiger partial charge in [0.25, 0.3) is 0 Å². The molecule has 0 unspecified atom stereocenters. The number of rotatable bonds is 2. The molecule has 0 saturated heterocycles. The minimum atomic E-state index is -0.127. The van der Waals surface area contributed by atoms with Crippen molar-refractivity contribution < 1.29 is 4.79 Å². The number of nitrogens with zero attached hydrogens (tertiary/aromatic N) is 1. The molecule has 0 radical (unpaired) electrons. The summed E-state index contributed by atoms with van der Waals surface area (Å²) >= 11 is 0. The summed E-state index contributed by atoms with van der Waals surface area (Å²) in [5, 5.41) is 0. The quantitative estimate of drug-likeness (QED) is 0.677. The molecule has 3 nitrogen and oxygen atoms in total. The number of ketones is 1. The Hall–Kier alpha value is -1.12. The topological polar surface area (TPSA) is 45.8 Å². The van der Waals surface area contributed by atoms with Gasteiger partial charge in [-0.25, -0.2) is 4.98 Å². The van der Waals surface area contributed by atoms with Crippen LogP contribution in [-0.2, 0) is 0 Å². The third kappa shape index (κ3) is 0.967. The fraction of sp³-hybridized carbons (Fsp3) is 0.556. The number of hydrogen-bond acceptors (Lipinski definition) is 2. The van der Waals surface area contributed by atoms with Gasteiger partial charge in [-0.2, -0.15) is 0 Å². The molecule has 64 valence electrons. The predicted molar refractivity (Wildman–Crippen MR) is 44.9 cm³/mol. The van der Waals surface area contributed by atoms with Crippen LogP contribution in [0.3, 0.4) is 0 Å². The zero-order chi connectivity index (χ0) is 8.60. The summed E-state index contributed by atoms with van der Waals surface area (Å²) in [4.78, 5) is 18.5. The van der Waals surface area contributed by atoms with E-state index in [-0.39, 0.29) is 11.2 Å². The zero-order valence-corrected chi connectivity index (χ0v) is 7.13. The first-order chi connectivity index (χ1) is 5.72. The van der Waals surface area contributed by atoms with Gasteiger partial charge in [0.15, 0.2) is 5.82 Å². The van der Waals surface area contributed by atoms with Gasteiger partial charge in [-0.05, 0) is 12.8 Å². The maximum atomic E-state index is 11.7. The summed E-state index contributed by atoms with van der Waals surface area (Å²) in [6.45, 7) is 2.02. The third-order valence-corrected chi connectivity index (χ3v) is 2.72. The van der Waals surface area contributed by atoms with Crippen LogP contribution in [0.1, 0.15) is 36.8 Å². The Morgan fingerprint density at radius 3 is 2.83 bits per heavy atom. The molecule has 1 aliphatic rings. The highest BCUT2D eigenvalue weighted by Crippen LogP contribution is 2.42. The van der Waals surface area contributed by atoms with Crippen molar-refractivity contribution in [3.05, 3.63) is 18.2 Å². The van der Waals surface area contributed by atoms with E-state index in [1.54, 1.807) is 12.4 Å². The molecule has 3 heteroatoms. The number of aromatic nitrogens is 2. The van der Waals surface area contributed by atoms with E-state index < -0.39 is 0 Å². The number of hydrogen-bond donors (Lipinski definition) is 1. The van der Waals surface area contributed by atoms with E-state index in [2.05, 4.69) is 9.97 Å². The number of carbonyl (C=O) groups is 1. The molecule has 0 aromatic carbocycles. The van der Waals surface area contributed by atoms with Gasteiger partial charge < -0.3 is 4.98 Å². The highest BCUT2D eigenvalue weighted by atomic mass is 16.1. The Morgan fingerprint density at radius 1 is 1.67 bits per heavy atom. The van der Waals surface area contributed by atoms with Crippen LogP contribution in [0.5, 0.6) is 0 Å². The van der Waals surface area contributed by atoms with E-state index >= 15 is 0 Å². The van der Waals surface area contributed by atoms with Gasteiger partial charge in [0.2, 0.25) is 5.78 Å². The lowest BCUT2D eigenvalue weighted by Gasteiger charge is -2.35. The van der Waals surface area contributed by atoms with Gasteiger partial charge in [-0.15, -0.1) is 0 Å². The standard InChI is InChI=1S/C9H12N2O/c1-9(3-2-4-9)7(12)8-10-5-6-11-8/h5-6H,2-4H2,1H3,(H,10,11). The monoisotopic (exact) mass is 164 g/mol. The minimum absolute atomic E-state index is 0.127. The van der Waals surface area contributed by atoms with Crippen molar-refractivity contribution in [3.8, 4) is 0 Å². The zero-order valence-electron chi connectivity index (χ0n) is 7.13. The number of Topliss-reactive ketones (excluding diaryl/α,β-unsaturated/α-hetero) is 1.